The van der Waals surface area contributed by atoms with E-state index in [1.165, 1.54) is 7.11 Å². The molecular formula is C22H25N3O4. The number of nitrogens with zero attached hydrogens (tertiary/aromatic N) is 3. The summed E-state index contributed by atoms with van der Waals surface area (Å²) in [6.45, 7) is 0.731. The van der Waals surface area contributed by atoms with Crippen molar-refractivity contribution in [3.05, 3.63) is 66.0 Å². The average molecular weight is 395 g/mol. The summed E-state index contributed by atoms with van der Waals surface area (Å²) in [6, 6.07) is 15.1. The molecule has 7 nitrogen and oxygen atoms in total. The molecule has 2 aliphatic rings. The normalized spacial score (nSPS) is 22.1. The zero-order valence-corrected chi connectivity index (χ0v) is 16.4. The Hall–Kier alpha value is -2.77. The third-order valence-electron chi connectivity index (χ3n) is 6.00. The highest BCUT2D eigenvalue weighted by Gasteiger charge is 2.67. The predicted octanol–water partition coefficient (Wildman–Crippen LogP) is 0.838. The summed E-state index contributed by atoms with van der Waals surface area (Å²) in [6.07, 6.45) is 1.91. The van der Waals surface area contributed by atoms with Gasteiger partial charge in [0.25, 0.3) is 0 Å². The standard InChI is InChI=1S/C22H25N3O4/c1-29-13-20(28)25-18(12-26)21(16-7-3-2-4-8-16)22(25)14-24(15-22)19(27)11-17-9-5-6-10-23-17/h2-10,18,21,26H,11-15H2,1H3/t18-,21-/m1/s1. The molecule has 2 amide bonds. The lowest BCUT2D eigenvalue weighted by molar-refractivity contribution is -0.205. The molecule has 2 aromatic rings. The highest BCUT2D eigenvalue weighted by atomic mass is 16.5. The largest absolute Gasteiger partial charge is 0.394 e. The Balaban J connectivity index is 1.55. The molecule has 2 saturated heterocycles. The van der Waals surface area contributed by atoms with Gasteiger partial charge in [0.15, 0.2) is 0 Å². The molecule has 0 unspecified atom stereocenters. The number of hydrogen-bond donors (Lipinski definition) is 1. The molecule has 1 spiro atoms. The van der Waals surface area contributed by atoms with Crippen molar-refractivity contribution in [2.45, 2.75) is 23.9 Å². The minimum atomic E-state index is -0.496. The van der Waals surface area contributed by atoms with Crippen molar-refractivity contribution < 1.29 is 19.4 Å². The number of amides is 2. The molecule has 0 bridgehead atoms. The van der Waals surface area contributed by atoms with E-state index in [1.54, 1.807) is 16.0 Å². The number of likely N-dealkylation sites (tertiary alicyclic amines) is 2. The quantitative estimate of drug-likeness (QED) is 0.784. The molecule has 1 N–H and O–H groups in total. The van der Waals surface area contributed by atoms with E-state index in [-0.39, 0.29) is 43.4 Å². The molecular weight excluding hydrogens is 370 g/mol. The second-order valence-electron chi connectivity index (χ2n) is 7.69. The van der Waals surface area contributed by atoms with Crippen LogP contribution in [0.1, 0.15) is 17.2 Å². The molecule has 1 aromatic heterocycles. The Morgan fingerprint density at radius 2 is 1.86 bits per heavy atom. The second-order valence-corrected chi connectivity index (χ2v) is 7.69. The molecule has 0 radical (unpaired) electrons. The summed E-state index contributed by atoms with van der Waals surface area (Å²) in [5, 5.41) is 10.0. The van der Waals surface area contributed by atoms with Crippen LogP contribution in [0.4, 0.5) is 0 Å². The molecule has 4 rings (SSSR count). The van der Waals surface area contributed by atoms with Crippen LogP contribution < -0.4 is 0 Å². The fourth-order valence-corrected chi connectivity index (χ4v) is 4.82. The summed E-state index contributed by atoms with van der Waals surface area (Å²) in [5.41, 5.74) is 1.31. The monoisotopic (exact) mass is 395 g/mol. The number of aromatic nitrogens is 1. The number of hydrogen-bond acceptors (Lipinski definition) is 5. The number of methoxy groups -OCH3 is 1. The maximum Gasteiger partial charge on any atom is 0.249 e. The number of benzene rings is 1. The van der Waals surface area contributed by atoms with Crippen molar-refractivity contribution in [2.75, 3.05) is 33.4 Å². The van der Waals surface area contributed by atoms with Gasteiger partial charge in [-0.15, -0.1) is 0 Å². The maximum absolute atomic E-state index is 12.7. The highest BCUT2D eigenvalue weighted by molar-refractivity contribution is 5.84. The third kappa shape index (κ3) is 3.30. The summed E-state index contributed by atoms with van der Waals surface area (Å²) in [5.74, 6) is -0.184. The number of rotatable bonds is 6. The molecule has 152 valence electrons. The summed E-state index contributed by atoms with van der Waals surface area (Å²) < 4.78 is 5.05. The van der Waals surface area contributed by atoms with Gasteiger partial charge in [0, 0.05) is 38.0 Å². The first-order valence-electron chi connectivity index (χ1n) is 9.75. The molecule has 1 aromatic carbocycles. The van der Waals surface area contributed by atoms with Crippen molar-refractivity contribution in [1.29, 1.82) is 0 Å². The topological polar surface area (TPSA) is 83.0 Å². The highest BCUT2D eigenvalue weighted by Crippen LogP contribution is 2.53. The van der Waals surface area contributed by atoms with Gasteiger partial charge in [-0.05, 0) is 17.7 Å². The molecule has 7 heteroatoms. The van der Waals surface area contributed by atoms with E-state index >= 15 is 0 Å². The molecule has 0 saturated carbocycles. The molecule has 2 atom stereocenters. The van der Waals surface area contributed by atoms with Gasteiger partial charge in [-0.3, -0.25) is 14.6 Å². The smallest absolute Gasteiger partial charge is 0.249 e. The zero-order chi connectivity index (χ0) is 20.4. The van der Waals surface area contributed by atoms with E-state index < -0.39 is 5.54 Å². The van der Waals surface area contributed by atoms with Crippen molar-refractivity contribution in [1.82, 2.24) is 14.8 Å². The van der Waals surface area contributed by atoms with E-state index in [9.17, 15) is 14.7 Å². The van der Waals surface area contributed by atoms with Gasteiger partial charge in [-0.1, -0.05) is 36.4 Å². The number of carbonyl (C=O) groups is 2. The maximum atomic E-state index is 12.7. The van der Waals surface area contributed by atoms with Crippen LogP contribution in [0, 0.1) is 0 Å². The predicted molar refractivity (Wildman–Crippen MR) is 106 cm³/mol. The molecule has 2 fully saturated rings. The van der Waals surface area contributed by atoms with E-state index in [2.05, 4.69) is 4.98 Å². The fourth-order valence-electron chi connectivity index (χ4n) is 4.82. The lowest BCUT2D eigenvalue weighted by atomic mass is 9.60. The Morgan fingerprint density at radius 3 is 2.48 bits per heavy atom. The molecule has 0 aliphatic carbocycles. The Kier molecular flexibility index (Phi) is 5.34. The van der Waals surface area contributed by atoms with Crippen LogP contribution >= 0.6 is 0 Å². The number of aliphatic hydroxyl groups excluding tert-OH is 1. The zero-order valence-electron chi connectivity index (χ0n) is 16.4. The van der Waals surface area contributed by atoms with Gasteiger partial charge >= 0.3 is 0 Å². The lowest BCUT2D eigenvalue weighted by Crippen LogP contribution is -2.86. The minimum Gasteiger partial charge on any atom is -0.394 e. The van der Waals surface area contributed by atoms with Gasteiger partial charge in [0.2, 0.25) is 11.8 Å². The van der Waals surface area contributed by atoms with Crippen LogP contribution in [-0.4, -0.2) is 76.7 Å². The first-order valence-corrected chi connectivity index (χ1v) is 9.75. The van der Waals surface area contributed by atoms with E-state index in [1.807, 2.05) is 48.5 Å². The Bertz CT molecular complexity index is 868. The van der Waals surface area contributed by atoms with Gasteiger partial charge in [0.1, 0.15) is 6.61 Å². The summed E-state index contributed by atoms with van der Waals surface area (Å²) in [7, 11) is 1.48. The van der Waals surface area contributed by atoms with Crippen LogP contribution in [0.15, 0.2) is 54.7 Å². The number of ether oxygens (including phenoxy) is 1. The van der Waals surface area contributed by atoms with Crippen LogP contribution in [0.25, 0.3) is 0 Å². The number of aliphatic hydroxyl groups is 1. The van der Waals surface area contributed by atoms with Gasteiger partial charge in [-0.25, -0.2) is 0 Å². The van der Waals surface area contributed by atoms with Crippen molar-refractivity contribution in [3.8, 4) is 0 Å². The van der Waals surface area contributed by atoms with Gasteiger partial charge in [0.05, 0.1) is 24.6 Å². The minimum absolute atomic E-state index is 0.00674. The molecule has 3 heterocycles. The van der Waals surface area contributed by atoms with E-state index in [0.29, 0.717) is 13.1 Å². The number of carbonyl (C=O) groups excluding carboxylic acids is 2. The molecule has 29 heavy (non-hydrogen) atoms. The fraction of sp³-hybridized carbons (Fsp3) is 0.409. The number of pyridine rings is 1. The lowest BCUT2D eigenvalue weighted by Gasteiger charge is -2.70. The van der Waals surface area contributed by atoms with Crippen molar-refractivity contribution in [2.24, 2.45) is 0 Å². The van der Waals surface area contributed by atoms with Crippen molar-refractivity contribution in [3.63, 3.8) is 0 Å². The first-order chi connectivity index (χ1) is 14.1. The summed E-state index contributed by atoms with van der Waals surface area (Å²) in [4.78, 5) is 33.2. The van der Waals surface area contributed by atoms with Crippen LogP contribution in [0.2, 0.25) is 0 Å². The Labute approximate surface area is 169 Å². The van der Waals surface area contributed by atoms with E-state index in [0.717, 1.165) is 11.3 Å². The van der Waals surface area contributed by atoms with Crippen molar-refractivity contribution >= 4 is 11.8 Å². The Morgan fingerprint density at radius 1 is 1.14 bits per heavy atom. The van der Waals surface area contributed by atoms with Crippen LogP contribution in [0.5, 0.6) is 0 Å². The molecule has 2 aliphatic heterocycles. The first kappa shape index (κ1) is 19.5. The second kappa shape index (κ2) is 7.93. The third-order valence-corrected chi connectivity index (χ3v) is 6.00. The van der Waals surface area contributed by atoms with E-state index in [4.69, 9.17) is 4.74 Å². The SMILES string of the molecule is COCC(=O)N1[C@H](CO)[C@@H](c2ccccc2)C12CN(C(=O)Cc1ccccn1)C2. The van der Waals surface area contributed by atoms with Crippen LogP contribution in [0.3, 0.4) is 0 Å². The summed E-state index contributed by atoms with van der Waals surface area (Å²) >= 11 is 0. The van der Waals surface area contributed by atoms with Gasteiger partial charge < -0.3 is 19.6 Å². The average Bonchev–Trinajstić information content (AvgIpc) is 2.68. The van der Waals surface area contributed by atoms with Crippen LogP contribution in [-0.2, 0) is 20.7 Å². The van der Waals surface area contributed by atoms with Gasteiger partial charge in [-0.2, -0.15) is 0 Å².